The van der Waals surface area contributed by atoms with Gasteiger partial charge < -0.3 is 13.7 Å². The molecule has 55 heavy (non-hydrogen) atoms. The number of oxazole rings is 1. The second kappa shape index (κ2) is 11.9. The number of hydrogen-bond acceptors (Lipinski definition) is 6. The van der Waals surface area contributed by atoms with E-state index in [2.05, 4.69) is 132 Å². The highest BCUT2D eigenvalue weighted by Gasteiger charge is 2.18. The van der Waals surface area contributed by atoms with E-state index in [0.717, 1.165) is 66.8 Å². The van der Waals surface area contributed by atoms with Crippen LogP contribution in [0.2, 0.25) is 0 Å². The highest BCUT2D eigenvalue weighted by atomic mass is 32.1. The Labute approximate surface area is 322 Å². The predicted octanol–water partition coefficient (Wildman–Crippen LogP) is 15.3. The van der Waals surface area contributed by atoms with Gasteiger partial charge in [-0.3, -0.25) is 0 Å². The first-order valence-electron chi connectivity index (χ1n) is 18.3. The molecule has 0 saturated carbocycles. The number of hydrogen-bond donors (Lipinski definition) is 0. The number of aromatic nitrogens is 1. The van der Waals surface area contributed by atoms with Gasteiger partial charge in [0.1, 0.15) is 16.7 Å². The van der Waals surface area contributed by atoms with Crippen molar-refractivity contribution in [1.82, 2.24) is 4.98 Å². The van der Waals surface area contributed by atoms with Crippen LogP contribution in [0.15, 0.2) is 179 Å². The number of benzene rings is 8. The fourth-order valence-electron chi connectivity index (χ4n) is 8.04. The second-order valence-electron chi connectivity index (χ2n) is 14.0. The van der Waals surface area contributed by atoms with Crippen LogP contribution in [0.3, 0.4) is 0 Å². The summed E-state index contributed by atoms with van der Waals surface area (Å²) in [4.78, 5) is 7.14. The zero-order valence-corrected chi connectivity index (χ0v) is 30.8. The maximum absolute atomic E-state index is 6.45. The third kappa shape index (κ3) is 4.92. The molecule has 4 heterocycles. The first-order valence-corrected chi connectivity index (χ1v) is 19.9. The maximum Gasteiger partial charge on any atom is 0.227 e. The number of anilines is 3. The fourth-order valence-corrected chi connectivity index (χ4v) is 10.2. The number of nitrogens with zero attached hydrogens (tertiary/aromatic N) is 2. The molecule has 0 spiro atoms. The van der Waals surface area contributed by atoms with E-state index in [1.807, 2.05) is 65.1 Å². The van der Waals surface area contributed by atoms with Crippen LogP contribution in [0.5, 0.6) is 0 Å². The molecule has 0 saturated heterocycles. The average Bonchev–Trinajstić information content (AvgIpc) is 4.01. The van der Waals surface area contributed by atoms with Crippen molar-refractivity contribution in [3.8, 4) is 22.6 Å². The lowest BCUT2D eigenvalue weighted by Crippen LogP contribution is -2.09. The third-order valence-corrected chi connectivity index (χ3v) is 13.0. The first-order chi connectivity index (χ1) is 27.2. The lowest BCUT2D eigenvalue weighted by molar-refractivity contribution is 0.620. The Bertz CT molecular complexity index is 3330. The fraction of sp³-hybridized carbons (Fsp3) is 0. The molecule has 0 aliphatic rings. The summed E-state index contributed by atoms with van der Waals surface area (Å²) in [7, 11) is 0. The number of fused-ring (bicyclic) bond motifs is 10. The van der Waals surface area contributed by atoms with E-state index in [0.29, 0.717) is 5.89 Å². The van der Waals surface area contributed by atoms with Crippen LogP contribution in [0.1, 0.15) is 0 Å². The number of thiophene rings is 2. The molecule has 12 rings (SSSR count). The Morgan fingerprint density at radius 2 is 0.945 bits per heavy atom. The van der Waals surface area contributed by atoms with Crippen molar-refractivity contribution in [2.24, 2.45) is 0 Å². The molecule has 258 valence electrons. The van der Waals surface area contributed by atoms with E-state index in [9.17, 15) is 0 Å². The molecule has 0 aliphatic heterocycles. The normalized spacial score (nSPS) is 12.0. The summed E-state index contributed by atoms with van der Waals surface area (Å²) in [5, 5.41) is 7.21. The van der Waals surface area contributed by atoms with Gasteiger partial charge in [0.15, 0.2) is 5.58 Å². The minimum Gasteiger partial charge on any atom is -0.456 e. The summed E-state index contributed by atoms with van der Waals surface area (Å²) in [6.07, 6.45) is 0. The Hall–Kier alpha value is -6.73. The van der Waals surface area contributed by atoms with Crippen molar-refractivity contribution in [3.05, 3.63) is 170 Å². The van der Waals surface area contributed by atoms with Gasteiger partial charge in [0, 0.05) is 79.8 Å². The molecule has 0 aliphatic carbocycles. The molecule has 0 atom stereocenters. The maximum atomic E-state index is 6.45. The minimum absolute atomic E-state index is 0.609. The molecule has 4 aromatic heterocycles. The number of rotatable bonds is 5. The Kier molecular flexibility index (Phi) is 6.64. The molecule has 8 aromatic carbocycles. The quantitative estimate of drug-likeness (QED) is 0.176. The van der Waals surface area contributed by atoms with Gasteiger partial charge in [0.05, 0.1) is 0 Å². The summed E-state index contributed by atoms with van der Waals surface area (Å²) < 4.78 is 17.8. The molecule has 12 aromatic rings. The lowest BCUT2D eigenvalue weighted by Gasteiger charge is -2.26. The van der Waals surface area contributed by atoms with Crippen molar-refractivity contribution >= 4 is 113 Å². The molecule has 0 bridgehead atoms. The van der Waals surface area contributed by atoms with Crippen LogP contribution in [0.25, 0.3) is 96.0 Å². The van der Waals surface area contributed by atoms with E-state index in [-0.39, 0.29) is 0 Å². The molecule has 0 N–H and O–H groups in total. The smallest absolute Gasteiger partial charge is 0.227 e. The van der Waals surface area contributed by atoms with Gasteiger partial charge >= 0.3 is 0 Å². The van der Waals surface area contributed by atoms with Gasteiger partial charge in [-0.1, -0.05) is 72.8 Å². The molecule has 0 radical (unpaired) electrons. The van der Waals surface area contributed by atoms with Crippen LogP contribution >= 0.6 is 22.7 Å². The predicted molar refractivity (Wildman–Crippen MR) is 233 cm³/mol. The molecular formula is C49H28N2O2S2. The summed E-state index contributed by atoms with van der Waals surface area (Å²) in [5.74, 6) is 0.609. The summed E-state index contributed by atoms with van der Waals surface area (Å²) in [5.41, 5.74) is 9.67. The summed E-state index contributed by atoms with van der Waals surface area (Å²) >= 11 is 3.69. The van der Waals surface area contributed by atoms with Crippen molar-refractivity contribution in [2.75, 3.05) is 4.90 Å². The van der Waals surface area contributed by atoms with Gasteiger partial charge in [0.25, 0.3) is 0 Å². The van der Waals surface area contributed by atoms with Gasteiger partial charge in [-0.2, -0.15) is 0 Å². The van der Waals surface area contributed by atoms with Gasteiger partial charge in [-0.05, 0) is 102 Å². The zero-order valence-electron chi connectivity index (χ0n) is 29.2. The average molecular weight is 741 g/mol. The zero-order chi connectivity index (χ0) is 36.0. The molecular weight excluding hydrogens is 713 g/mol. The highest BCUT2D eigenvalue weighted by Crippen LogP contribution is 2.44. The van der Waals surface area contributed by atoms with Gasteiger partial charge in [-0.25, -0.2) is 4.98 Å². The Morgan fingerprint density at radius 1 is 0.364 bits per heavy atom. The SMILES string of the molecule is c1ccc(-c2nc3cc4oc5cc(-c6ccc(N(c7ccc8sc9ccccc9c8c7)c7ccc8sc9ccccc9c8c7)cc6)ccc5c4cc3o2)cc1. The van der Waals surface area contributed by atoms with Crippen LogP contribution in [-0.2, 0) is 0 Å². The van der Waals surface area contributed by atoms with Crippen molar-refractivity contribution in [2.45, 2.75) is 0 Å². The summed E-state index contributed by atoms with van der Waals surface area (Å²) in [6.45, 7) is 0. The molecule has 0 amide bonds. The van der Waals surface area contributed by atoms with Crippen molar-refractivity contribution in [1.29, 1.82) is 0 Å². The van der Waals surface area contributed by atoms with E-state index >= 15 is 0 Å². The monoisotopic (exact) mass is 740 g/mol. The topological polar surface area (TPSA) is 42.4 Å². The number of furan rings is 1. The van der Waals surface area contributed by atoms with Crippen LogP contribution in [-0.4, -0.2) is 4.98 Å². The van der Waals surface area contributed by atoms with E-state index in [1.54, 1.807) is 0 Å². The van der Waals surface area contributed by atoms with E-state index < -0.39 is 0 Å². The first kappa shape index (κ1) is 30.7. The van der Waals surface area contributed by atoms with Crippen LogP contribution in [0.4, 0.5) is 17.1 Å². The molecule has 0 fully saturated rings. The molecule has 0 unspecified atom stereocenters. The van der Waals surface area contributed by atoms with Crippen molar-refractivity contribution in [3.63, 3.8) is 0 Å². The van der Waals surface area contributed by atoms with Crippen molar-refractivity contribution < 1.29 is 8.83 Å². The molecule has 6 heteroatoms. The van der Waals surface area contributed by atoms with E-state index in [4.69, 9.17) is 13.8 Å². The molecule has 4 nitrogen and oxygen atoms in total. The van der Waals surface area contributed by atoms with E-state index in [1.165, 1.54) is 40.3 Å². The van der Waals surface area contributed by atoms with Crippen LogP contribution < -0.4 is 4.90 Å². The van der Waals surface area contributed by atoms with Gasteiger partial charge in [0.2, 0.25) is 5.89 Å². The van der Waals surface area contributed by atoms with Crippen LogP contribution in [0, 0.1) is 0 Å². The standard InChI is InChI=1S/C49H28N2O2S2/c1-2-8-30(9-3-1)49-50-41-28-43-38(27-44(41)53-49)35-21-16-31(24-42(35)52-43)29-14-17-32(18-15-29)51(33-19-22-47-39(25-33)36-10-4-6-12-45(36)54-47)34-20-23-48-40(26-34)37-11-5-7-13-46(37)55-48/h1-28H. The largest absolute Gasteiger partial charge is 0.456 e. The second-order valence-corrected chi connectivity index (χ2v) is 16.1. The van der Waals surface area contributed by atoms with Gasteiger partial charge in [-0.15, -0.1) is 22.7 Å². The Morgan fingerprint density at radius 3 is 1.64 bits per heavy atom. The third-order valence-electron chi connectivity index (χ3n) is 10.7. The minimum atomic E-state index is 0.609. The Balaban J connectivity index is 0.948. The summed E-state index contributed by atoms with van der Waals surface area (Å²) in [6, 6.07) is 60.5. The highest BCUT2D eigenvalue weighted by molar-refractivity contribution is 7.26. The lowest BCUT2D eigenvalue weighted by atomic mass is 10.0.